The maximum Gasteiger partial charge on any atom is 0.252 e. The zero-order valence-electron chi connectivity index (χ0n) is 45.7. The third kappa shape index (κ3) is 6.45. The van der Waals surface area contributed by atoms with E-state index in [1.807, 2.05) is 72.8 Å². The Labute approximate surface area is 419 Å². The highest BCUT2D eigenvalue weighted by molar-refractivity contribution is 7.00. The molecule has 0 atom stereocenters. The lowest BCUT2D eigenvalue weighted by atomic mass is 9.33. The number of para-hydroxylation sites is 2. The van der Waals surface area contributed by atoms with E-state index in [4.69, 9.17) is 5.48 Å². The summed E-state index contributed by atoms with van der Waals surface area (Å²) in [5.74, 6) is 0. The Kier molecular flexibility index (Phi) is 7.58. The number of nitrogens with zero attached hydrogens (tertiary/aromatic N) is 3. The fourth-order valence-corrected chi connectivity index (χ4v) is 10.9. The fraction of sp³-hybridized carbons (Fsp3) is 0. The Balaban J connectivity index is 1.17. The molecule has 11 aromatic carbocycles. The van der Waals surface area contributed by atoms with Crippen LogP contribution in [0.25, 0.3) is 72.0 Å². The van der Waals surface area contributed by atoms with E-state index in [0.717, 1.165) is 95.0 Å². The van der Waals surface area contributed by atoms with E-state index >= 15 is 0 Å². The van der Waals surface area contributed by atoms with Crippen LogP contribution >= 0.6 is 0 Å². The first kappa shape index (κ1) is 32.6. The molecule has 2 aliphatic heterocycles. The van der Waals surface area contributed by atoms with Crippen LogP contribution in [0.1, 0.15) is 11.0 Å². The largest absolute Gasteiger partial charge is 0.311 e. The van der Waals surface area contributed by atoms with Gasteiger partial charge in [0.1, 0.15) is 0 Å². The number of hydrogen-bond acceptors (Lipinski definition) is 2. The van der Waals surface area contributed by atoms with Gasteiger partial charge in [0.2, 0.25) is 0 Å². The first-order valence-corrected chi connectivity index (χ1v) is 23.5. The third-order valence-corrected chi connectivity index (χ3v) is 14.0. The number of fused-ring (bicyclic) bond motifs is 7. The Hall–Kier alpha value is -9.12. The van der Waals surface area contributed by atoms with Gasteiger partial charge in [0.05, 0.1) is 27.7 Å². The second-order valence-corrected chi connectivity index (χ2v) is 17.9. The Morgan fingerprint density at radius 1 is 0.300 bits per heavy atom. The molecule has 0 aliphatic carbocycles. The summed E-state index contributed by atoms with van der Waals surface area (Å²) in [7, 11) is 0. The minimum Gasteiger partial charge on any atom is -0.311 e. The average Bonchev–Trinajstić information content (AvgIpc) is 3.50. The summed E-state index contributed by atoms with van der Waals surface area (Å²) < 4.78 is 75.5. The predicted molar refractivity (Wildman–Crippen MR) is 297 cm³/mol. The Morgan fingerprint density at radius 2 is 0.729 bits per heavy atom. The molecule has 326 valence electrons. The Bertz CT molecular complexity index is 4360. The lowest BCUT2D eigenvalue weighted by Gasteiger charge is -2.45. The van der Waals surface area contributed by atoms with Gasteiger partial charge in [-0.1, -0.05) is 206 Å². The molecule has 0 spiro atoms. The first-order chi connectivity index (χ1) is 38.0. The topological polar surface area (TPSA) is 11.4 Å². The van der Waals surface area contributed by atoms with Gasteiger partial charge >= 0.3 is 0 Å². The summed E-state index contributed by atoms with van der Waals surface area (Å²) in [4.78, 5) is 4.59. The molecule has 12 aromatic rings. The highest BCUT2D eigenvalue weighted by Crippen LogP contribution is 2.48. The third-order valence-electron chi connectivity index (χ3n) is 14.0. The maximum atomic E-state index is 9.63. The van der Waals surface area contributed by atoms with Crippen molar-refractivity contribution in [1.82, 2.24) is 4.57 Å². The second kappa shape index (κ2) is 16.3. The smallest absolute Gasteiger partial charge is 0.252 e. The van der Waals surface area contributed by atoms with Crippen molar-refractivity contribution in [2.24, 2.45) is 0 Å². The molecule has 0 saturated heterocycles. The van der Waals surface area contributed by atoms with Crippen LogP contribution in [0, 0.1) is 0 Å². The standard InChI is InChI=1S/C66H44BN3/c1-5-19-45(20-6-1)49-27-17-29-53(39-49)68-62-38-36-51(47-23-9-3-10-24-47)41-59(62)67-58-37-35-52(48-25-11-4-12-26-48)42-63(58)69(54-30-18-28-50(40-54)46-21-7-2-8-22-46)65-44-55(43-64(68)66(65)67)70-60-33-15-13-31-56(60)57-32-14-16-34-61(57)70/h1-44H/i13D,14D,15D,16D,31D,32D,33D,34D. The van der Waals surface area contributed by atoms with E-state index in [2.05, 4.69) is 155 Å². The van der Waals surface area contributed by atoms with E-state index in [9.17, 15) is 5.48 Å². The summed E-state index contributed by atoms with van der Waals surface area (Å²) >= 11 is 0. The first-order valence-electron chi connectivity index (χ1n) is 27.5. The van der Waals surface area contributed by atoms with E-state index in [-0.39, 0.29) is 52.7 Å². The summed E-state index contributed by atoms with van der Waals surface area (Å²) in [6.45, 7) is -0.350. The molecule has 3 heterocycles. The molecule has 3 nitrogen and oxygen atoms in total. The monoisotopic (exact) mass is 897 g/mol. The second-order valence-electron chi connectivity index (χ2n) is 17.9. The van der Waals surface area contributed by atoms with Crippen molar-refractivity contribution in [2.75, 3.05) is 9.80 Å². The highest BCUT2D eigenvalue weighted by Gasteiger charge is 2.44. The molecule has 1 aromatic heterocycles. The molecule has 0 fully saturated rings. The van der Waals surface area contributed by atoms with Gasteiger partial charge in [-0.3, -0.25) is 0 Å². The lowest BCUT2D eigenvalue weighted by Crippen LogP contribution is -2.61. The normalized spacial score (nSPS) is 14.1. The molecular formula is C66H44BN3. The van der Waals surface area contributed by atoms with Crippen LogP contribution < -0.4 is 26.2 Å². The zero-order valence-corrected chi connectivity index (χ0v) is 37.7. The number of aromatic nitrogens is 1. The van der Waals surface area contributed by atoms with Gasteiger partial charge in [0, 0.05) is 44.9 Å². The molecular weight excluding hydrogens is 846 g/mol. The molecule has 0 saturated carbocycles. The van der Waals surface area contributed by atoms with Gasteiger partial charge in [-0.25, -0.2) is 0 Å². The van der Waals surface area contributed by atoms with Crippen LogP contribution in [0.4, 0.5) is 34.1 Å². The maximum absolute atomic E-state index is 9.63. The van der Waals surface area contributed by atoms with Crippen LogP contribution in [0.5, 0.6) is 0 Å². The minimum atomic E-state index is -0.492. The zero-order chi connectivity index (χ0) is 53.1. The van der Waals surface area contributed by atoms with Gasteiger partial charge in [-0.05, 0) is 122 Å². The van der Waals surface area contributed by atoms with E-state index in [0.29, 0.717) is 5.69 Å². The number of rotatable bonds is 7. The van der Waals surface area contributed by atoms with Gasteiger partial charge < -0.3 is 14.4 Å². The molecule has 0 amide bonds. The van der Waals surface area contributed by atoms with Crippen LogP contribution in [-0.4, -0.2) is 11.3 Å². The molecule has 2 aliphatic rings. The van der Waals surface area contributed by atoms with Crippen molar-refractivity contribution in [3.05, 3.63) is 267 Å². The molecule has 70 heavy (non-hydrogen) atoms. The van der Waals surface area contributed by atoms with Crippen molar-refractivity contribution in [3.63, 3.8) is 0 Å². The summed E-state index contributed by atoms with van der Waals surface area (Å²) in [6, 6.07) is 72.4. The quantitative estimate of drug-likeness (QED) is 0.148. The molecule has 0 N–H and O–H groups in total. The molecule has 14 rings (SSSR count). The summed E-state index contributed by atoms with van der Waals surface area (Å²) in [5, 5.41) is 0.0347. The van der Waals surface area contributed by atoms with Crippen molar-refractivity contribution in [1.29, 1.82) is 0 Å². The van der Waals surface area contributed by atoms with E-state index in [1.165, 1.54) is 0 Å². The summed E-state index contributed by atoms with van der Waals surface area (Å²) in [6.07, 6.45) is 0. The van der Waals surface area contributed by atoms with Crippen molar-refractivity contribution < 1.29 is 11.0 Å². The van der Waals surface area contributed by atoms with Crippen molar-refractivity contribution >= 4 is 79.0 Å². The number of benzene rings is 11. The lowest BCUT2D eigenvalue weighted by molar-refractivity contribution is 1.16. The molecule has 4 heteroatoms. The van der Waals surface area contributed by atoms with Gasteiger partial charge in [0.15, 0.2) is 0 Å². The summed E-state index contributed by atoms with van der Waals surface area (Å²) in [5.41, 5.74) is 17.2. The van der Waals surface area contributed by atoms with E-state index in [1.54, 1.807) is 4.57 Å². The van der Waals surface area contributed by atoms with Crippen LogP contribution in [0.2, 0.25) is 0 Å². The van der Waals surface area contributed by atoms with Crippen LogP contribution in [-0.2, 0) is 0 Å². The van der Waals surface area contributed by atoms with E-state index < -0.39 is 24.2 Å². The highest BCUT2D eigenvalue weighted by atomic mass is 15.2. The molecule has 0 bridgehead atoms. The predicted octanol–water partition coefficient (Wildman–Crippen LogP) is 15.5. The molecule has 0 radical (unpaired) electrons. The van der Waals surface area contributed by atoms with Crippen LogP contribution in [0.3, 0.4) is 0 Å². The Morgan fingerprint density at radius 3 is 1.24 bits per heavy atom. The average molecular weight is 898 g/mol. The van der Waals surface area contributed by atoms with Crippen molar-refractivity contribution in [3.8, 4) is 50.2 Å². The van der Waals surface area contributed by atoms with Gasteiger partial charge in [-0.15, -0.1) is 0 Å². The number of anilines is 6. The van der Waals surface area contributed by atoms with Crippen molar-refractivity contribution in [2.45, 2.75) is 0 Å². The fourth-order valence-electron chi connectivity index (χ4n) is 10.9. The van der Waals surface area contributed by atoms with Gasteiger partial charge in [-0.2, -0.15) is 0 Å². The number of hydrogen-bond donors (Lipinski definition) is 0. The van der Waals surface area contributed by atoms with Gasteiger partial charge in [0.25, 0.3) is 6.71 Å². The van der Waals surface area contributed by atoms with Crippen LogP contribution in [0.15, 0.2) is 267 Å². The minimum absolute atomic E-state index is 0.0173. The SMILES string of the molecule is [2H]c1c([2H])c([2H])c2c(c1[2H])c1c([2H])c([2H])c([2H])c([2H])c1n2-c1cc2c3c(c1)N(c1cccc(-c4ccccc4)c1)c1cc(-c4ccccc4)ccc1B3c1cc(-c3ccccc3)ccc1N2c1cccc(-c2ccccc2)c1. The molecule has 0 unspecified atom stereocenters.